The van der Waals surface area contributed by atoms with Crippen LogP contribution in [0.4, 0.5) is 4.79 Å². The van der Waals surface area contributed by atoms with Gasteiger partial charge in [-0.3, -0.25) is 0 Å². The summed E-state index contributed by atoms with van der Waals surface area (Å²) in [6.07, 6.45) is -4.14. The molecule has 0 radical (unpaired) electrons. The van der Waals surface area contributed by atoms with Gasteiger partial charge in [-0.05, 0) is 19.9 Å². The molecular weight excluding hydrogens is 465 g/mol. The predicted molar refractivity (Wildman–Crippen MR) is 112 cm³/mol. The van der Waals surface area contributed by atoms with Gasteiger partial charge in [0.25, 0.3) is 0 Å². The summed E-state index contributed by atoms with van der Waals surface area (Å²) in [6, 6.07) is -0.0451. The molecule has 2 aliphatic heterocycles. The number of fused-ring (bicyclic) bond motifs is 1. The summed E-state index contributed by atoms with van der Waals surface area (Å²) in [5.74, 6) is -0.891. The van der Waals surface area contributed by atoms with E-state index in [0.29, 0.717) is 6.61 Å². The minimum absolute atomic E-state index is 0.229. The highest BCUT2D eigenvalue weighted by Gasteiger charge is 2.52. The second kappa shape index (κ2) is 9.75. The summed E-state index contributed by atoms with van der Waals surface area (Å²) in [4.78, 5) is 12.2. The third-order valence-corrected chi connectivity index (χ3v) is 6.51. The summed E-state index contributed by atoms with van der Waals surface area (Å²) in [5, 5.41) is 13.5. The van der Waals surface area contributed by atoms with Crippen LogP contribution in [0, 0.1) is 0 Å². The van der Waals surface area contributed by atoms with Gasteiger partial charge in [0, 0.05) is 14.7 Å². The molecule has 0 aromatic carbocycles. The molecule has 1 amide bonds. The van der Waals surface area contributed by atoms with Gasteiger partial charge in [-0.25, -0.2) is 4.79 Å². The monoisotopic (exact) mass is 493 g/mol. The van der Waals surface area contributed by atoms with Gasteiger partial charge in [-0.1, -0.05) is 54.4 Å². The van der Waals surface area contributed by atoms with Gasteiger partial charge >= 0.3 is 6.09 Å². The molecule has 170 valence electrons. The number of alkyl carbamates (subject to hydrolysis) is 1. The maximum Gasteiger partial charge on any atom is 0.407 e. The van der Waals surface area contributed by atoms with Crippen molar-refractivity contribution in [1.82, 2.24) is 5.32 Å². The van der Waals surface area contributed by atoms with Gasteiger partial charge in [0.15, 0.2) is 12.1 Å². The molecule has 2 heterocycles. The van der Waals surface area contributed by atoms with Crippen LogP contribution in [0.2, 0.25) is 25.7 Å². The van der Waals surface area contributed by atoms with Crippen LogP contribution in [-0.4, -0.2) is 79.3 Å². The van der Waals surface area contributed by atoms with Crippen LogP contribution in [0.1, 0.15) is 13.8 Å². The Bertz CT molecular complexity index is 570. The highest BCUT2D eigenvalue weighted by Crippen LogP contribution is 2.33. The van der Waals surface area contributed by atoms with Crippen molar-refractivity contribution < 1.29 is 33.6 Å². The third-order valence-electron chi connectivity index (χ3n) is 4.47. The Morgan fingerprint density at radius 2 is 1.97 bits per heavy atom. The summed E-state index contributed by atoms with van der Waals surface area (Å²) in [5.41, 5.74) is 0. The Kier molecular flexibility index (Phi) is 8.54. The second-order valence-corrected chi connectivity index (χ2v) is 17.0. The van der Waals surface area contributed by atoms with Crippen LogP contribution in [0.15, 0.2) is 0 Å². The predicted octanol–water partition coefficient (Wildman–Crippen LogP) is 3.04. The number of ether oxygens (including phenoxy) is 5. The molecule has 0 aliphatic carbocycles. The van der Waals surface area contributed by atoms with Gasteiger partial charge in [0.05, 0.1) is 6.61 Å². The molecule has 0 saturated carbocycles. The van der Waals surface area contributed by atoms with Gasteiger partial charge < -0.3 is 34.1 Å². The summed E-state index contributed by atoms with van der Waals surface area (Å²) >= 11 is 16.8. The SMILES string of the molecule is CC1(C)OC[C@H]2OC(OCC[Si](C)(C)C)[C@H](NC(=O)OCC(Cl)(Cl)Cl)[C@@H](O)[C@@H]2O1. The number of hydrogen-bond donors (Lipinski definition) is 2. The van der Waals surface area contributed by atoms with Gasteiger partial charge in [0.2, 0.25) is 3.79 Å². The minimum atomic E-state index is -1.74. The lowest BCUT2D eigenvalue weighted by Gasteiger charge is -2.49. The molecule has 5 atom stereocenters. The molecule has 2 aliphatic rings. The van der Waals surface area contributed by atoms with Crippen LogP contribution in [0.3, 0.4) is 0 Å². The number of carbonyl (C=O) groups is 1. The molecule has 12 heteroatoms. The van der Waals surface area contributed by atoms with E-state index in [1.807, 2.05) is 0 Å². The lowest BCUT2D eigenvalue weighted by molar-refractivity contribution is -0.368. The number of amides is 1. The Balaban J connectivity index is 2.08. The fraction of sp³-hybridized carbons (Fsp3) is 0.941. The number of nitrogens with one attached hydrogen (secondary N) is 1. The van der Waals surface area contributed by atoms with Crippen molar-refractivity contribution in [3.05, 3.63) is 0 Å². The average molecular weight is 495 g/mol. The number of carbonyl (C=O) groups excluding carboxylic acids is 1. The first kappa shape index (κ1) is 25.4. The van der Waals surface area contributed by atoms with E-state index in [2.05, 4.69) is 25.0 Å². The highest BCUT2D eigenvalue weighted by molar-refractivity contribution is 6.76. The number of alkyl halides is 3. The van der Waals surface area contributed by atoms with Gasteiger partial charge in [0.1, 0.15) is 31.0 Å². The van der Waals surface area contributed by atoms with Crippen molar-refractivity contribution in [3.8, 4) is 0 Å². The molecular formula is C17H30Cl3NO7Si. The van der Waals surface area contributed by atoms with Crippen molar-refractivity contribution in [3.63, 3.8) is 0 Å². The zero-order valence-corrected chi connectivity index (χ0v) is 20.5. The van der Waals surface area contributed by atoms with E-state index in [1.54, 1.807) is 13.8 Å². The molecule has 0 aromatic rings. The zero-order chi connectivity index (χ0) is 22.0. The molecule has 2 saturated heterocycles. The molecule has 2 fully saturated rings. The maximum atomic E-state index is 12.2. The topological polar surface area (TPSA) is 95.5 Å². The molecule has 0 aromatic heterocycles. The fourth-order valence-electron chi connectivity index (χ4n) is 2.95. The number of aliphatic hydroxyl groups excluding tert-OH is 1. The van der Waals surface area contributed by atoms with E-state index in [1.165, 1.54) is 0 Å². The zero-order valence-electron chi connectivity index (χ0n) is 17.2. The van der Waals surface area contributed by atoms with Crippen molar-refractivity contribution in [2.75, 3.05) is 19.8 Å². The number of aliphatic hydroxyl groups is 1. The number of rotatable bonds is 6. The van der Waals surface area contributed by atoms with E-state index in [0.717, 1.165) is 6.04 Å². The van der Waals surface area contributed by atoms with Gasteiger partial charge in [-0.2, -0.15) is 0 Å². The Hall–Kier alpha value is 0.157. The maximum absolute atomic E-state index is 12.2. The van der Waals surface area contributed by atoms with Crippen LogP contribution < -0.4 is 5.32 Å². The molecule has 1 unspecified atom stereocenters. The number of halogens is 3. The fourth-order valence-corrected chi connectivity index (χ4v) is 3.84. The molecule has 2 N–H and O–H groups in total. The second-order valence-electron chi connectivity index (χ2n) is 8.87. The van der Waals surface area contributed by atoms with Gasteiger partial charge in [-0.15, -0.1) is 0 Å². The molecule has 8 nitrogen and oxygen atoms in total. The van der Waals surface area contributed by atoms with Crippen LogP contribution in [-0.2, 0) is 23.7 Å². The van der Waals surface area contributed by atoms with Crippen molar-refractivity contribution >= 4 is 49.0 Å². The van der Waals surface area contributed by atoms with Crippen molar-refractivity contribution in [2.45, 2.75) is 79.8 Å². The first-order valence-electron chi connectivity index (χ1n) is 9.44. The lowest BCUT2D eigenvalue weighted by Crippen LogP contribution is -2.68. The summed E-state index contributed by atoms with van der Waals surface area (Å²) < 4.78 is 26.5. The molecule has 2 rings (SSSR count). The normalized spacial score (nSPS) is 32.4. The number of hydrogen-bond acceptors (Lipinski definition) is 7. The standard InChI is InChI=1S/C17H30Cl3NO7Si/c1-16(2)26-8-10-13(28-16)12(22)11(21-15(23)25-9-17(18,19)20)14(27-10)24-6-7-29(3,4)5/h10-14,22H,6-9H2,1-5H3,(H,21,23)/t10-,11-,12-,13-,14?/m1/s1. The highest BCUT2D eigenvalue weighted by atomic mass is 35.6. The van der Waals surface area contributed by atoms with E-state index in [-0.39, 0.29) is 6.61 Å². The van der Waals surface area contributed by atoms with Crippen molar-refractivity contribution in [1.29, 1.82) is 0 Å². The van der Waals surface area contributed by atoms with E-state index >= 15 is 0 Å². The summed E-state index contributed by atoms with van der Waals surface area (Å²) in [6.45, 7) is 10.4. The molecule has 29 heavy (non-hydrogen) atoms. The first-order chi connectivity index (χ1) is 13.2. The molecule has 0 spiro atoms. The van der Waals surface area contributed by atoms with E-state index < -0.39 is 61.0 Å². The quantitative estimate of drug-likeness (QED) is 0.433. The average Bonchev–Trinajstić information content (AvgIpc) is 2.55. The van der Waals surface area contributed by atoms with Crippen LogP contribution in [0.25, 0.3) is 0 Å². The van der Waals surface area contributed by atoms with E-state index in [4.69, 9.17) is 58.5 Å². The third kappa shape index (κ3) is 8.31. The smallest absolute Gasteiger partial charge is 0.407 e. The lowest BCUT2D eigenvalue weighted by atomic mass is 9.95. The van der Waals surface area contributed by atoms with Crippen molar-refractivity contribution in [2.24, 2.45) is 0 Å². The minimum Gasteiger partial charge on any atom is -0.445 e. The summed E-state index contributed by atoms with van der Waals surface area (Å²) in [7, 11) is -1.35. The Morgan fingerprint density at radius 1 is 1.31 bits per heavy atom. The Labute approximate surface area is 187 Å². The molecule has 0 bridgehead atoms. The first-order valence-corrected chi connectivity index (χ1v) is 14.3. The largest absolute Gasteiger partial charge is 0.445 e. The van der Waals surface area contributed by atoms with E-state index in [9.17, 15) is 9.90 Å². The Morgan fingerprint density at radius 3 is 2.55 bits per heavy atom. The van der Waals surface area contributed by atoms with Crippen LogP contribution in [0.5, 0.6) is 0 Å². The van der Waals surface area contributed by atoms with Crippen LogP contribution >= 0.6 is 34.8 Å².